The van der Waals surface area contributed by atoms with Gasteiger partial charge in [0.25, 0.3) is 0.564 Å². The van der Waals surface area contributed by atoms with Gasteiger partial charge >= 0.3 is 5.97 Å². The Balaban J connectivity index is 3.16. The van der Waals surface area contributed by atoms with Crippen LogP contribution in [0.25, 0.3) is 0 Å². The summed E-state index contributed by atoms with van der Waals surface area (Å²) in [5, 5.41) is 0. The van der Waals surface area contributed by atoms with Crippen molar-refractivity contribution in [3.63, 3.8) is 0 Å². The molecule has 0 aliphatic rings. The summed E-state index contributed by atoms with van der Waals surface area (Å²) < 4.78 is 3.98. The van der Waals surface area contributed by atoms with Crippen LogP contribution in [0.5, 0.6) is 0 Å². The van der Waals surface area contributed by atoms with Crippen molar-refractivity contribution in [2.24, 2.45) is 0 Å². The maximum absolute atomic E-state index is 10.7. The number of unbranched alkanes of at least 4 members (excludes halogenated alkanes) is 4. The minimum atomic E-state index is -0.923. The first kappa shape index (κ1) is 17.6. The molecule has 6 heteroatoms. The minimum Gasteiger partial charge on any atom is -0.463 e. The molecule has 0 atom stereocenters. The smallest absolute Gasteiger partial charge is 0.330 e. The highest BCUT2D eigenvalue weighted by Gasteiger charge is 2.19. The lowest BCUT2D eigenvalue weighted by atomic mass is 10.2. The molecule has 0 amide bonds. The van der Waals surface area contributed by atoms with Crippen molar-refractivity contribution in [1.29, 1.82) is 0 Å². The van der Waals surface area contributed by atoms with Crippen molar-refractivity contribution in [2.45, 2.75) is 38.1 Å². The lowest BCUT2D eigenvalue weighted by Crippen LogP contribution is -2.04. The molecular weight excluding hydrogens is 561 g/mol. The molecule has 0 rings (SSSR count). The van der Waals surface area contributed by atoms with Gasteiger partial charge in [0.05, 0.1) is 6.61 Å². The first-order chi connectivity index (χ1) is 7.45. The van der Waals surface area contributed by atoms with Crippen LogP contribution in [0.4, 0.5) is 0 Å². The fourth-order valence-electron chi connectivity index (χ4n) is 1.19. The zero-order chi connectivity index (χ0) is 12.4. The van der Waals surface area contributed by atoms with Crippen LogP contribution < -0.4 is 0 Å². The first-order valence-corrected chi connectivity index (χ1v) is 16.9. The van der Waals surface area contributed by atoms with Crippen molar-refractivity contribution >= 4 is 71.9 Å². The Kier molecular flexibility index (Phi) is 11.6. The molecule has 0 aliphatic heterocycles. The van der Waals surface area contributed by atoms with E-state index in [0.717, 1.165) is 12.8 Å². The van der Waals surface area contributed by atoms with E-state index in [-0.39, 0.29) is 5.97 Å². The van der Waals surface area contributed by atoms with Crippen LogP contribution in [0, 0.1) is 0 Å². The monoisotopic (exact) mass is 578 g/mol. The topological polar surface area (TPSA) is 26.3 Å². The SMILES string of the molecule is C=CC(=O)OCCCCCCC[Si](I)(I)I. The highest BCUT2D eigenvalue weighted by Crippen LogP contribution is 2.35. The van der Waals surface area contributed by atoms with Crippen molar-refractivity contribution in [1.82, 2.24) is 0 Å². The van der Waals surface area contributed by atoms with Gasteiger partial charge in [-0.05, 0) is 12.5 Å². The third-order valence-electron chi connectivity index (χ3n) is 2.02. The van der Waals surface area contributed by atoms with Crippen LogP contribution in [0.1, 0.15) is 32.1 Å². The molecule has 0 heterocycles. The molecule has 0 saturated carbocycles. The number of carbonyl (C=O) groups excluding carboxylic acids is 1. The van der Waals surface area contributed by atoms with E-state index in [2.05, 4.69) is 72.0 Å². The maximum atomic E-state index is 10.7. The Labute approximate surface area is 137 Å². The minimum absolute atomic E-state index is 0.310. The van der Waals surface area contributed by atoms with Gasteiger partial charge in [0, 0.05) is 6.08 Å². The Morgan fingerprint density at radius 3 is 2.25 bits per heavy atom. The van der Waals surface area contributed by atoms with Crippen LogP contribution >= 0.6 is 65.4 Å². The molecule has 0 unspecified atom stereocenters. The molecule has 0 bridgehead atoms. The summed E-state index contributed by atoms with van der Waals surface area (Å²) in [5.41, 5.74) is 0. The Morgan fingerprint density at radius 1 is 1.12 bits per heavy atom. The zero-order valence-corrected chi connectivity index (χ0v) is 16.7. The fourth-order valence-corrected chi connectivity index (χ4v) is 5.27. The van der Waals surface area contributed by atoms with E-state index in [1.807, 2.05) is 0 Å². The van der Waals surface area contributed by atoms with Gasteiger partial charge in [0.15, 0.2) is 0 Å². The molecule has 0 N–H and O–H groups in total. The second-order valence-electron chi connectivity index (χ2n) is 3.50. The van der Waals surface area contributed by atoms with E-state index in [1.165, 1.54) is 31.4 Å². The van der Waals surface area contributed by atoms with Crippen molar-refractivity contribution in [2.75, 3.05) is 6.61 Å². The van der Waals surface area contributed by atoms with Crippen molar-refractivity contribution in [3.05, 3.63) is 12.7 Å². The van der Waals surface area contributed by atoms with Crippen molar-refractivity contribution < 1.29 is 9.53 Å². The fraction of sp³-hybridized carbons (Fsp3) is 0.700. The molecule has 0 aliphatic carbocycles. The quantitative estimate of drug-likeness (QED) is 0.0972. The summed E-state index contributed by atoms with van der Waals surface area (Å²) in [7, 11) is 0. The summed E-state index contributed by atoms with van der Waals surface area (Å²) in [6.07, 6.45) is 7.24. The normalized spacial score (nSPS) is 11.2. The molecule has 0 spiro atoms. The van der Waals surface area contributed by atoms with Crippen LogP contribution in [0.15, 0.2) is 12.7 Å². The molecule has 0 aromatic carbocycles. The van der Waals surface area contributed by atoms with E-state index < -0.39 is 0.564 Å². The van der Waals surface area contributed by atoms with Gasteiger partial charge in [0.1, 0.15) is 0 Å². The number of ether oxygens (including phenoxy) is 1. The molecule has 16 heavy (non-hydrogen) atoms. The second-order valence-corrected chi connectivity index (χ2v) is 40.4. The average molecular weight is 578 g/mol. The third kappa shape index (κ3) is 13.7. The van der Waals surface area contributed by atoms with Crippen LogP contribution in [-0.4, -0.2) is 13.1 Å². The average Bonchev–Trinajstić information content (AvgIpc) is 2.20. The maximum Gasteiger partial charge on any atom is 0.330 e. The van der Waals surface area contributed by atoms with Gasteiger partial charge < -0.3 is 4.74 Å². The van der Waals surface area contributed by atoms with Gasteiger partial charge in [-0.1, -0.05) is 97.7 Å². The highest BCUT2D eigenvalue weighted by molar-refractivity contribution is 14.4. The van der Waals surface area contributed by atoms with Gasteiger partial charge in [0.2, 0.25) is 0 Å². The summed E-state index contributed by atoms with van der Waals surface area (Å²) in [4.78, 5) is 10.7. The van der Waals surface area contributed by atoms with Gasteiger partial charge in [-0.25, -0.2) is 4.79 Å². The van der Waals surface area contributed by atoms with E-state index in [9.17, 15) is 4.79 Å². The molecule has 94 valence electrons. The van der Waals surface area contributed by atoms with E-state index in [0.29, 0.717) is 6.61 Å². The molecule has 0 fully saturated rings. The van der Waals surface area contributed by atoms with Crippen LogP contribution in [0.2, 0.25) is 6.04 Å². The van der Waals surface area contributed by atoms with Gasteiger partial charge in [-0.2, -0.15) is 0 Å². The second kappa shape index (κ2) is 10.5. The number of rotatable bonds is 9. The van der Waals surface area contributed by atoms with Crippen LogP contribution in [-0.2, 0) is 9.53 Å². The summed E-state index contributed by atoms with van der Waals surface area (Å²) >= 11 is 7.82. The van der Waals surface area contributed by atoms with Gasteiger partial charge in [-0.15, -0.1) is 0 Å². The molecule has 0 aromatic heterocycles. The first-order valence-electron chi connectivity index (χ1n) is 5.31. The van der Waals surface area contributed by atoms with E-state index in [1.54, 1.807) is 0 Å². The standard InChI is InChI=1S/C10H17I3O2Si/c1-2-10(14)15-8-6-4-3-5-7-9-16(11,12)13/h2H,1,3-9H2. The predicted octanol–water partition coefficient (Wildman–Crippen LogP) is 4.91. The Morgan fingerprint density at radius 2 is 1.69 bits per heavy atom. The van der Waals surface area contributed by atoms with Crippen LogP contribution in [0.3, 0.4) is 0 Å². The number of esters is 1. The molecule has 0 saturated heterocycles. The Hall–Kier alpha value is 1.62. The summed E-state index contributed by atoms with van der Waals surface area (Å²) in [6.45, 7) is 3.89. The van der Waals surface area contributed by atoms with E-state index in [4.69, 9.17) is 4.74 Å². The molecule has 0 radical (unpaired) electrons. The van der Waals surface area contributed by atoms with E-state index >= 15 is 0 Å². The number of halogens is 3. The third-order valence-corrected chi connectivity index (χ3v) is 7.79. The number of hydrogen-bond acceptors (Lipinski definition) is 2. The summed E-state index contributed by atoms with van der Waals surface area (Å²) in [5.74, 6) is -0.310. The predicted molar refractivity (Wildman–Crippen MR) is 96.9 cm³/mol. The van der Waals surface area contributed by atoms with Gasteiger partial charge in [-0.3, -0.25) is 0 Å². The molecule has 0 aromatic rings. The number of hydrogen-bond donors (Lipinski definition) is 0. The molecule has 2 nitrogen and oxygen atoms in total. The lowest BCUT2D eigenvalue weighted by Gasteiger charge is -2.08. The number of carbonyl (C=O) groups is 1. The summed E-state index contributed by atoms with van der Waals surface area (Å²) in [6, 6.07) is 1.39. The highest BCUT2D eigenvalue weighted by atomic mass is 127. The Bertz CT molecular complexity index is 217. The lowest BCUT2D eigenvalue weighted by molar-refractivity contribution is -0.137. The van der Waals surface area contributed by atoms with Crippen molar-refractivity contribution in [3.8, 4) is 0 Å². The largest absolute Gasteiger partial charge is 0.463 e. The zero-order valence-electron chi connectivity index (χ0n) is 9.18. The molecular formula is C10H17I3O2Si.